The van der Waals surface area contributed by atoms with E-state index in [-0.39, 0.29) is 5.91 Å². The summed E-state index contributed by atoms with van der Waals surface area (Å²) in [4.78, 5) is 20.6. The molecular weight excluding hydrogens is 258 g/mol. The number of benzene rings is 1. The monoisotopic (exact) mass is 271 g/mol. The van der Waals surface area contributed by atoms with Gasteiger partial charge in [-0.1, -0.05) is 12.1 Å². The normalized spacial score (nSPS) is 10.8. The Hall–Kier alpha value is -2.14. The molecule has 4 nitrogen and oxygen atoms in total. The number of carbonyl (C=O) groups excluding carboxylic acids is 1. The minimum absolute atomic E-state index is 0.0687. The zero-order valence-corrected chi connectivity index (χ0v) is 11.3. The van der Waals surface area contributed by atoms with Crippen molar-refractivity contribution < 1.29 is 4.79 Å². The zero-order valence-electron chi connectivity index (χ0n) is 10.4. The van der Waals surface area contributed by atoms with Gasteiger partial charge in [0.05, 0.1) is 28.8 Å². The number of amides is 1. The number of hydrogen-bond donors (Lipinski definition) is 2. The lowest BCUT2D eigenvalue weighted by atomic mass is 10.1. The maximum absolute atomic E-state index is 12.2. The molecule has 0 radical (unpaired) electrons. The number of fused-ring (bicyclic) bond motifs is 1. The first-order valence-corrected chi connectivity index (χ1v) is 6.87. The standard InChI is InChI=1S/C14H13N3OS/c1-9-12(19-8-17-9)7-16-14(18)11-4-2-3-10-5-6-15-13(10)11/h2-6,8,15H,7H2,1H3,(H,16,18). The maximum Gasteiger partial charge on any atom is 0.253 e. The van der Waals surface area contributed by atoms with Crippen molar-refractivity contribution in [1.82, 2.24) is 15.3 Å². The fourth-order valence-electron chi connectivity index (χ4n) is 2.03. The van der Waals surface area contributed by atoms with Gasteiger partial charge in [0.1, 0.15) is 0 Å². The molecule has 96 valence electrons. The van der Waals surface area contributed by atoms with Crippen LogP contribution in [0.25, 0.3) is 10.9 Å². The van der Waals surface area contributed by atoms with Crippen LogP contribution in [-0.4, -0.2) is 15.9 Å². The number of H-pyrrole nitrogens is 1. The lowest BCUT2D eigenvalue weighted by Gasteiger charge is -2.05. The number of hydrogen-bond acceptors (Lipinski definition) is 3. The molecule has 2 N–H and O–H groups in total. The molecule has 1 aromatic carbocycles. The highest BCUT2D eigenvalue weighted by molar-refractivity contribution is 7.09. The van der Waals surface area contributed by atoms with E-state index in [1.54, 1.807) is 16.8 Å². The van der Waals surface area contributed by atoms with Crippen molar-refractivity contribution in [3.63, 3.8) is 0 Å². The molecule has 1 amide bonds. The molecule has 0 saturated carbocycles. The van der Waals surface area contributed by atoms with E-state index in [0.29, 0.717) is 12.1 Å². The first-order chi connectivity index (χ1) is 9.25. The highest BCUT2D eigenvalue weighted by atomic mass is 32.1. The molecule has 0 spiro atoms. The van der Waals surface area contributed by atoms with Gasteiger partial charge < -0.3 is 10.3 Å². The number of rotatable bonds is 3. The van der Waals surface area contributed by atoms with E-state index in [1.165, 1.54) is 0 Å². The Morgan fingerprint density at radius 1 is 1.42 bits per heavy atom. The Morgan fingerprint density at radius 3 is 3.11 bits per heavy atom. The second-order valence-corrected chi connectivity index (χ2v) is 5.23. The second-order valence-electron chi connectivity index (χ2n) is 4.29. The van der Waals surface area contributed by atoms with Crippen LogP contribution in [-0.2, 0) is 6.54 Å². The minimum atomic E-state index is -0.0687. The number of thiazole rings is 1. The van der Waals surface area contributed by atoms with Gasteiger partial charge in [-0.15, -0.1) is 11.3 Å². The summed E-state index contributed by atoms with van der Waals surface area (Å²) in [6.07, 6.45) is 1.84. The molecule has 2 heterocycles. The van der Waals surface area contributed by atoms with E-state index in [2.05, 4.69) is 15.3 Å². The van der Waals surface area contributed by atoms with Crippen molar-refractivity contribution in [2.24, 2.45) is 0 Å². The Labute approximate surface area is 114 Å². The lowest BCUT2D eigenvalue weighted by molar-refractivity contribution is 0.0953. The highest BCUT2D eigenvalue weighted by Gasteiger charge is 2.11. The van der Waals surface area contributed by atoms with Crippen molar-refractivity contribution in [3.8, 4) is 0 Å². The summed E-state index contributed by atoms with van der Waals surface area (Å²) in [7, 11) is 0. The molecule has 5 heteroatoms. The van der Waals surface area contributed by atoms with Gasteiger partial charge in [-0.25, -0.2) is 4.98 Å². The van der Waals surface area contributed by atoms with E-state index >= 15 is 0 Å². The first kappa shape index (κ1) is 11.9. The molecule has 0 aliphatic heterocycles. The molecule has 0 atom stereocenters. The SMILES string of the molecule is Cc1ncsc1CNC(=O)c1cccc2cc[nH]c12. The average molecular weight is 271 g/mol. The predicted molar refractivity (Wildman–Crippen MR) is 76.3 cm³/mol. The minimum Gasteiger partial charge on any atom is -0.361 e. The van der Waals surface area contributed by atoms with Crippen LogP contribution >= 0.6 is 11.3 Å². The summed E-state index contributed by atoms with van der Waals surface area (Å²) in [6, 6.07) is 7.66. The molecule has 2 aromatic heterocycles. The molecule has 0 aliphatic rings. The number of aromatic amines is 1. The van der Waals surface area contributed by atoms with Crippen LogP contribution in [0.3, 0.4) is 0 Å². The van der Waals surface area contributed by atoms with E-state index in [9.17, 15) is 4.79 Å². The van der Waals surface area contributed by atoms with Crippen LogP contribution in [0.15, 0.2) is 36.0 Å². The van der Waals surface area contributed by atoms with Gasteiger partial charge >= 0.3 is 0 Å². The number of para-hydroxylation sites is 1. The molecule has 0 bridgehead atoms. The summed E-state index contributed by atoms with van der Waals surface area (Å²) < 4.78 is 0. The molecule has 0 saturated heterocycles. The van der Waals surface area contributed by atoms with E-state index in [0.717, 1.165) is 21.5 Å². The lowest BCUT2D eigenvalue weighted by Crippen LogP contribution is -2.22. The van der Waals surface area contributed by atoms with E-state index < -0.39 is 0 Å². The Morgan fingerprint density at radius 2 is 2.32 bits per heavy atom. The van der Waals surface area contributed by atoms with Crippen molar-refractivity contribution in [2.75, 3.05) is 0 Å². The van der Waals surface area contributed by atoms with Crippen LogP contribution in [0.5, 0.6) is 0 Å². The smallest absolute Gasteiger partial charge is 0.253 e. The summed E-state index contributed by atoms with van der Waals surface area (Å²) in [5.41, 5.74) is 4.32. The fourth-order valence-corrected chi connectivity index (χ4v) is 2.74. The van der Waals surface area contributed by atoms with Crippen molar-refractivity contribution >= 4 is 28.1 Å². The maximum atomic E-state index is 12.2. The van der Waals surface area contributed by atoms with Crippen molar-refractivity contribution in [1.29, 1.82) is 0 Å². The number of aryl methyl sites for hydroxylation is 1. The van der Waals surface area contributed by atoms with Gasteiger partial charge in [-0.3, -0.25) is 4.79 Å². The molecule has 3 rings (SSSR count). The average Bonchev–Trinajstić information content (AvgIpc) is 3.04. The predicted octanol–water partition coefficient (Wildman–Crippen LogP) is 2.86. The summed E-state index contributed by atoms with van der Waals surface area (Å²) in [5, 5.41) is 3.98. The first-order valence-electron chi connectivity index (χ1n) is 5.99. The van der Waals surface area contributed by atoms with Crippen LogP contribution in [0.2, 0.25) is 0 Å². The summed E-state index contributed by atoms with van der Waals surface area (Å²) >= 11 is 1.56. The van der Waals surface area contributed by atoms with Gasteiger partial charge in [0.2, 0.25) is 0 Å². The largest absolute Gasteiger partial charge is 0.361 e. The van der Waals surface area contributed by atoms with Crippen molar-refractivity contribution in [2.45, 2.75) is 13.5 Å². The van der Waals surface area contributed by atoms with Gasteiger partial charge in [-0.05, 0) is 19.1 Å². The second kappa shape index (κ2) is 4.85. The number of nitrogens with zero attached hydrogens (tertiary/aromatic N) is 1. The Bertz CT molecular complexity index is 729. The third kappa shape index (κ3) is 2.24. The molecule has 3 aromatic rings. The van der Waals surface area contributed by atoms with Gasteiger partial charge in [0.25, 0.3) is 5.91 Å². The molecule has 0 aliphatic carbocycles. The molecule has 0 unspecified atom stereocenters. The summed E-state index contributed by atoms with van der Waals surface area (Å²) in [5.74, 6) is -0.0687. The topological polar surface area (TPSA) is 57.8 Å². The quantitative estimate of drug-likeness (QED) is 0.769. The third-order valence-corrected chi connectivity index (χ3v) is 4.02. The zero-order chi connectivity index (χ0) is 13.2. The van der Waals surface area contributed by atoms with Crippen molar-refractivity contribution in [3.05, 3.63) is 52.1 Å². The van der Waals surface area contributed by atoms with Crippen LogP contribution in [0, 0.1) is 6.92 Å². The Balaban J connectivity index is 1.81. The number of nitrogens with one attached hydrogen (secondary N) is 2. The van der Waals surface area contributed by atoms with E-state index in [4.69, 9.17) is 0 Å². The van der Waals surface area contributed by atoms with Crippen LogP contribution < -0.4 is 5.32 Å². The van der Waals surface area contributed by atoms with Gasteiger partial charge in [0, 0.05) is 16.5 Å². The fraction of sp³-hybridized carbons (Fsp3) is 0.143. The third-order valence-electron chi connectivity index (χ3n) is 3.09. The van der Waals surface area contributed by atoms with E-state index in [1.807, 2.05) is 37.4 Å². The van der Waals surface area contributed by atoms with Crippen LogP contribution in [0.1, 0.15) is 20.9 Å². The molecular formula is C14H13N3OS. The highest BCUT2D eigenvalue weighted by Crippen LogP contribution is 2.17. The van der Waals surface area contributed by atoms with Gasteiger partial charge in [-0.2, -0.15) is 0 Å². The number of aromatic nitrogens is 2. The molecule has 19 heavy (non-hydrogen) atoms. The summed E-state index contributed by atoms with van der Waals surface area (Å²) in [6.45, 7) is 2.47. The Kier molecular flexibility index (Phi) is 3.05. The molecule has 0 fully saturated rings. The van der Waals surface area contributed by atoms with Crippen LogP contribution in [0.4, 0.5) is 0 Å². The van der Waals surface area contributed by atoms with Gasteiger partial charge in [0.15, 0.2) is 0 Å². The number of carbonyl (C=O) groups is 1.